The fourth-order valence-corrected chi connectivity index (χ4v) is 3.11. The molecule has 0 radical (unpaired) electrons. The van der Waals surface area contributed by atoms with Crippen LogP contribution in [0.15, 0.2) is 18.2 Å². The van der Waals surface area contributed by atoms with Crippen molar-refractivity contribution in [2.45, 2.75) is 25.3 Å². The lowest BCUT2D eigenvalue weighted by Gasteiger charge is -2.37. The summed E-state index contributed by atoms with van der Waals surface area (Å²) in [5.41, 5.74) is 5.98. The van der Waals surface area contributed by atoms with E-state index in [0.717, 1.165) is 0 Å². The van der Waals surface area contributed by atoms with E-state index in [1.807, 2.05) is 0 Å². The number of hydrogen-bond acceptors (Lipinski definition) is 4. The molecular weight excluding hydrogens is 287 g/mol. The molecule has 0 spiro atoms. The van der Waals surface area contributed by atoms with Crippen LogP contribution in [0.25, 0.3) is 0 Å². The second-order valence-corrected chi connectivity index (χ2v) is 5.94. The SMILES string of the molecule is NCC1(C(=O)NC2CCOc3ccc(F)cc32)CCOCC1. The average Bonchev–Trinajstić information content (AvgIpc) is 2.56. The van der Waals surface area contributed by atoms with Crippen molar-refractivity contribution >= 4 is 5.91 Å². The molecule has 3 N–H and O–H groups in total. The number of benzene rings is 1. The minimum absolute atomic E-state index is 0.0691. The minimum Gasteiger partial charge on any atom is -0.493 e. The molecule has 1 unspecified atom stereocenters. The highest BCUT2D eigenvalue weighted by Gasteiger charge is 2.40. The van der Waals surface area contributed by atoms with Crippen LogP contribution in [-0.2, 0) is 9.53 Å². The van der Waals surface area contributed by atoms with Gasteiger partial charge < -0.3 is 20.5 Å². The third-order valence-corrected chi connectivity index (χ3v) is 4.64. The Hall–Kier alpha value is -1.66. The number of ether oxygens (including phenoxy) is 2. The lowest BCUT2D eigenvalue weighted by molar-refractivity contribution is -0.136. The van der Waals surface area contributed by atoms with Gasteiger partial charge in [0, 0.05) is 31.7 Å². The van der Waals surface area contributed by atoms with Gasteiger partial charge in [-0.05, 0) is 31.0 Å². The summed E-state index contributed by atoms with van der Waals surface area (Å²) in [5.74, 6) is 0.232. The molecule has 0 saturated carbocycles. The number of carbonyl (C=O) groups excluding carboxylic acids is 1. The zero-order chi connectivity index (χ0) is 15.6. The van der Waals surface area contributed by atoms with Crippen LogP contribution in [0.4, 0.5) is 4.39 Å². The van der Waals surface area contributed by atoms with Crippen LogP contribution in [0.2, 0.25) is 0 Å². The van der Waals surface area contributed by atoms with Crippen LogP contribution in [0.5, 0.6) is 5.75 Å². The highest BCUT2D eigenvalue weighted by molar-refractivity contribution is 5.83. The maximum Gasteiger partial charge on any atom is 0.228 e. The minimum atomic E-state index is -0.579. The van der Waals surface area contributed by atoms with Gasteiger partial charge in [0.25, 0.3) is 0 Å². The molecule has 120 valence electrons. The summed E-state index contributed by atoms with van der Waals surface area (Å²) in [6.07, 6.45) is 1.86. The molecule has 1 aromatic carbocycles. The fraction of sp³-hybridized carbons (Fsp3) is 0.562. The Labute approximate surface area is 129 Å². The molecule has 2 aliphatic rings. The van der Waals surface area contributed by atoms with E-state index in [-0.39, 0.29) is 17.8 Å². The molecule has 3 rings (SSSR count). The Morgan fingerprint density at radius 1 is 1.36 bits per heavy atom. The van der Waals surface area contributed by atoms with E-state index >= 15 is 0 Å². The van der Waals surface area contributed by atoms with Gasteiger partial charge in [-0.3, -0.25) is 4.79 Å². The summed E-state index contributed by atoms with van der Waals surface area (Å²) in [6.45, 7) is 1.89. The smallest absolute Gasteiger partial charge is 0.228 e. The van der Waals surface area contributed by atoms with Gasteiger partial charge in [0.15, 0.2) is 0 Å². The summed E-state index contributed by atoms with van der Waals surface area (Å²) in [5, 5.41) is 3.04. The first-order chi connectivity index (χ1) is 10.6. The van der Waals surface area contributed by atoms with Gasteiger partial charge in [-0.1, -0.05) is 0 Å². The molecule has 1 amide bonds. The van der Waals surface area contributed by atoms with Crippen molar-refractivity contribution in [1.82, 2.24) is 5.32 Å². The topological polar surface area (TPSA) is 73.6 Å². The number of hydrogen-bond donors (Lipinski definition) is 2. The fourth-order valence-electron chi connectivity index (χ4n) is 3.11. The number of rotatable bonds is 3. The maximum atomic E-state index is 13.5. The zero-order valence-corrected chi connectivity index (χ0v) is 12.4. The largest absolute Gasteiger partial charge is 0.493 e. The van der Waals surface area contributed by atoms with E-state index in [9.17, 15) is 9.18 Å². The quantitative estimate of drug-likeness (QED) is 0.888. The van der Waals surface area contributed by atoms with E-state index in [1.54, 1.807) is 6.07 Å². The summed E-state index contributed by atoms with van der Waals surface area (Å²) in [6, 6.07) is 4.16. The lowest BCUT2D eigenvalue weighted by Crippen LogP contribution is -2.50. The Morgan fingerprint density at radius 3 is 2.86 bits per heavy atom. The van der Waals surface area contributed by atoms with Gasteiger partial charge in [0.2, 0.25) is 5.91 Å². The number of carbonyl (C=O) groups is 1. The summed E-state index contributed by atoms with van der Waals surface area (Å²) in [4.78, 5) is 12.7. The molecule has 1 aromatic rings. The monoisotopic (exact) mass is 308 g/mol. The highest BCUT2D eigenvalue weighted by atomic mass is 19.1. The standard InChI is InChI=1S/C16H21FN2O3/c17-11-1-2-14-12(9-11)13(3-6-22-14)19-15(20)16(10-18)4-7-21-8-5-16/h1-2,9,13H,3-8,10,18H2,(H,19,20). The molecule has 1 fully saturated rings. The van der Waals surface area contributed by atoms with Gasteiger partial charge in [0.05, 0.1) is 18.1 Å². The predicted octanol–water partition coefficient (Wildman–Crippen LogP) is 1.52. The van der Waals surface area contributed by atoms with Crippen LogP contribution in [0.1, 0.15) is 30.9 Å². The molecule has 1 atom stereocenters. The van der Waals surface area contributed by atoms with Crippen LogP contribution < -0.4 is 15.8 Å². The summed E-state index contributed by atoms with van der Waals surface area (Å²) in [7, 11) is 0. The van der Waals surface area contributed by atoms with E-state index in [1.165, 1.54) is 12.1 Å². The number of nitrogens with two attached hydrogens (primary N) is 1. The molecular formula is C16H21FN2O3. The van der Waals surface area contributed by atoms with Crippen LogP contribution >= 0.6 is 0 Å². The van der Waals surface area contributed by atoms with Gasteiger partial charge >= 0.3 is 0 Å². The van der Waals surface area contributed by atoms with Crippen LogP contribution in [-0.4, -0.2) is 32.3 Å². The van der Waals surface area contributed by atoms with E-state index < -0.39 is 5.41 Å². The van der Waals surface area contributed by atoms with Crippen molar-refractivity contribution in [3.63, 3.8) is 0 Å². The molecule has 1 saturated heterocycles. The van der Waals surface area contributed by atoms with Crippen molar-refractivity contribution in [1.29, 1.82) is 0 Å². The Balaban J connectivity index is 1.79. The van der Waals surface area contributed by atoms with Crippen LogP contribution in [0.3, 0.4) is 0 Å². The molecule has 2 heterocycles. The Kier molecular flexibility index (Phi) is 4.31. The van der Waals surface area contributed by atoms with Crippen molar-refractivity contribution in [3.8, 4) is 5.75 Å². The Bertz CT molecular complexity index is 558. The molecule has 2 aliphatic heterocycles. The van der Waals surface area contributed by atoms with Gasteiger partial charge in [-0.25, -0.2) is 4.39 Å². The number of amides is 1. The van der Waals surface area contributed by atoms with E-state index in [0.29, 0.717) is 56.9 Å². The van der Waals surface area contributed by atoms with Crippen molar-refractivity contribution in [2.75, 3.05) is 26.4 Å². The van der Waals surface area contributed by atoms with Crippen molar-refractivity contribution < 1.29 is 18.7 Å². The van der Waals surface area contributed by atoms with Crippen molar-refractivity contribution in [3.05, 3.63) is 29.6 Å². The third kappa shape index (κ3) is 2.80. The number of fused-ring (bicyclic) bond motifs is 1. The Morgan fingerprint density at radius 2 is 2.14 bits per heavy atom. The first-order valence-electron chi connectivity index (χ1n) is 7.66. The normalized spacial score (nSPS) is 23.3. The predicted molar refractivity (Wildman–Crippen MR) is 78.9 cm³/mol. The molecule has 0 aliphatic carbocycles. The molecule has 5 nitrogen and oxygen atoms in total. The second kappa shape index (κ2) is 6.22. The first kappa shape index (κ1) is 15.2. The van der Waals surface area contributed by atoms with Gasteiger partial charge in [-0.15, -0.1) is 0 Å². The zero-order valence-electron chi connectivity index (χ0n) is 12.4. The third-order valence-electron chi connectivity index (χ3n) is 4.64. The molecule has 0 bridgehead atoms. The van der Waals surface area contributed by atoms with E-state index in [2.05, 4.69) is 5.32 Å². The van der Waals surface area contributed by atoms with E-state index in [4.69, 9.17) is 15.2 Å². The van der Waals surface area contributed by atoms with Crippen LogP contribution in [0, 0.1) is 11.2 Å². The lowest BCUT2D eigenvalue weighted by atomic mass is 9.79. The van der Waals surface area contributed by atoms with Crippen molar-refractivity contribution in [2.24, 2.45) is 11.1 Å². The first-order valence-corrected chi connectivity index (χ1v) is 7.66. The summed E-state index contributed by atoms with van der Waals surface area (Å²) < 4.78 is 24.4. The maximum absolute atomic E-state index is 13.5. The number of halogens is 1. The molecule has 22 heavy (non-hydrogen) atoms. The molecule has 0 aromatic heterocycles. The average molecular weight is 308 g/mol. The van der Waals surface area contributed by atoms with Gasteiger partial charge in [0.1, 0.15) is 11.6 Å². The highest BCUT2D eigenvalue weighted by Crippen LogP contribution is 2.35. The molecule has 6 heteroatoms. The summed E-state index contributed by atoms with van der Waals surface area (Å²) >= 11 is 0. The number of nitrogens with one attached hydrogen (secondary N) is 1. The second-order valence-electron chi connectivity index (χ2n) is 5.94. The van der Waals surface area contributed by atoms with Gasteiger partial charge in [-0.2, -0.15) is 0 Å².